The Hall–Kier alpha value is -3.22. The topological polar surface area (TPSA) is 78.4 Å². The first-order valence-corrected chi connectivity index (χ1v) is 9.25. The maximum absolute atomic E-state index is 12.1. The highest BCUT2D eigenvalue weighted by Crippen LogP contribution is 2.38. The number of hydrogen-bond acceptors (Lipinski definition) is 6. The number of aryl methyl sites for hydroxylation is 1. The number of carbonyl (C=O) groups is 1. The molecule has 1 amide bonds. The van der Waals surface area contributed by atoms with Gasteiger partial charge in [-0.1, -0.05) is 26.0 Å². The maximum Gasteiger partial charge on any atom is 0.277 e. The Morgan fingerprint density at radius 3 is 2.38 bits per heavy atom. The Bertz CT molecular complexity index is 878. The zero-order valence-electron chi connectivity index (χ0n) is 17.7. The van der Waals surface area contributed by atoms with Gasteiger partial charge in [0.1, 0.15) is 5.75 Å². The molecule has 2 aromatic carbocycles. The van der Waals surface area contributed by atoms with Gasteiger partial charge in [0, 0.05) is 5.56 Å². The van der Waals surface area contributed by atoms with E-state index in [1.165, 1.54) is 20.4 Å². The quantitative estimate of drug-likeness (QED) is 0.513. The van der Waals surface area contributed by atoms with Crippen molar-refractivity contribution in [3.63, 3.8) is 0 Å². The van der Waals surface area contributed by atoms with Gasteiger partial charge < -0.3 is 18.9 Å². The van der Waals surface area contributed by atoms with Gasteiger partial charge in [0.05, 0.1) is 27.5 Å². The molecule has 2 rings (SSSR count). The van der Waals surface area contributed by atoms with Crippen LogP contribution in [0.1, 0.15) is 36.5 Å². The molecule has 7 heteroatoms. The normalized spacial score (nSPS) is 10.9. The Kier molecular flexibility index (Phi) is 7.88. The highest BCUT2D eigenvalue weighted by Gasteiger charge is 2.15. The van der Waals surface area contributed by atoms with Crippen molar-refractivity contribution in [3.8, 4) is 23.0 Å². The lowest BCUT2D eigenvalue weighted by molar-refractivity contribution is -0.123. The van der Waals surface area contributed by atoms with Crippen LogP contribution in [0.3, 0.4) is 0 Å². The molecule has 0 saturated heterocycles. The van der Waals surface area contributed by atoms with Crippen molar-refractivity contribution in [1.29, 1.82) is 0 Å². The van der Waals surface area contributed by atoms with E-state index >= 15 is 0 Å². The molecule has 0 radical (unpaired) electrons. The van der Waals surface area contributed by atoms with Gasteiger partial charge in [-0.2, -0.15) is 5.10 Å². The van der Waals surface area contributed by atoms with E-state index in [0.717, 1.165) is 11.1 Å². The third-order valence-corrected chi connectivity index (χ3v) is 4.28. The Morgan fingerprint density at radius 2 is 1.76 bits per heavy atom. The summed E-state index contributed by atoms with van der Waals surface area (Å²) in [4.78, 5) is 12.1. The Morgan fingerprint density at radius 1 is 1.03 bits per heavy atom. The summed E-state index contributed by atoms with van der Waals surface area (Å²) in [6, 6.07) is 9.48. The summed E-state index contributed by atoms with van der Waals surface area (Å²) < 4.78 is 21.7. The van der Waals surface area contributed by atoms with Crippen molar-refractivity contribution < 1.29 is 23.7 Å². The van der Waals surface area contributed by atoms with Crippen molar-refractivity contribution in [2.45, 2.75) is 26.7 Å². The predicted octanol–water partition coefficient (Wildman–Crippen LogP) is 3.67. The van der Waals surface area contributed by atoms with Gasteiger partial charge in [-0.15, -0.1) is 0 Å². The molecule has 29 heavy (non-hydrogen) atoms. The number of hydrazone groups is 1. The molecule has 0 saturated carbocycles. The summed E-state index contributed by atoms with van der Waals surface area (Å²) >= 11 is 0. The minimum atomic E-state index is -0.364. The summed E-state index contributed by atoms with van der Waals surface area (Å²) in [6.45, 7) is 6.01. The number of rotatable bonds is 9. The molecular weight excluding hydrogens is 372 g/mol. The van der Waals surface area contributed by atoms with Gasteiger partial charge in [0.25, 0.3) is 5.91 Å². The fraction of sp³-hybridized carbons (Fsp3) is 0.364. The molecule has 156 valence electrons. The Balaban J connectivity index is 2.03. The number of amides is 1. The third kappa shape index (κ3) is 5.63. The largest absolute Gasteiger partial charge is 0.493 e. The van der Waals surface area contributed by atoms with E-state index in [2.05, 4.69) is 24.4 Å². The van der Waals surface area contributed by atoms with Gasteiger partial charge in [-0.3, -0.25) is 4.79 Å². The van der Waals surface area contributed by atoms with Crippen LogP contribution in [0.4, 0.5) is 0 Å². The molecular formula is C22H28N2O5. The van der Waals surface area contributed by atoms with E-state index in [-0.39, 0.29) is 12.5 Å². The summed E-state index contributed by atoms with van der Waals surface area (Å²) in [6.07, 6.45) is 1.48. The molecule has 0 aliphatic heterocycles. The van der Waals surface area contributed by atoms with Crippen LogP contribution >= 0.6 is 0 Å². The monoisotopic (exact) mass is 400 g/mol. The van der Waals surface area contributed by atoms with Gasteiger partial charge in [0.15, 0.2) is 18.1 Å². The van der Waals surface area contributed by atoms with Crippen LogP contribution in [0.2, 0.25) is 0 Å². The van der Waals surface area contributed by atoms with Crippen molar-refractivity contribution >= 4 is 12.1 Å². The molecule has 7 nitrogen and oxygen atoms in total. The fourth-order valence-corrected chi connectivity index (χ4v) is 2.82. The molecule has 0 bridgehead atoms. The lowest BCUT2D eigenvalue weighted by atomic mass is 10.0. The number of ether oxygens (including phenoxy) is 4. The number of hydrogen-bond donors (Lipinski definition) is 1. The smallest absolute Gasteiger partial charge is 0.277 e. The van der Waals surface area contributed by atoms with Crippen LogP contribution in [-0.2, 0) is 4.79 Å². The number of benzene rings is 2. The molecule has 0 aliphatic rings. The molecule has 0 atom stereocenters. The van der Waals surface area contributed by atoms with Crippen molar-refractivity contribution in [2.75, 3.05) is 27.9 Å². The van der Waals surface area contributed by atoms with Crippen LogP contribution < -0.4 is 24.4 Å². The second kappa shape index (κ2) is 10.4. The lowest BCUT2D eigenvalue weighted by Gasteiger charge is -2.14. The van der Waals surface area contributed by atoms with Gasteiger partial charge in [-0.25, -0.2) is 5.43 Å². The third-order valence-electron chi connectivity index (χ3n) is 4.28. The second-order valence-corrected chi connectivity index (χ2v) is 6.70. The molecule has 0 aromatic heterocycles. The van der Waals surface area contributed by atoms with Crippen molar-refractivity contribution in [1.82, 2.24) is 5.43 Å². The zero-order chi connectivity index (χ0) is 21.4. The van der Waals surface area contributed by atoms with Crippen molar-refractivity contribution in [2.24, 2.45) is 5.10 Å². The van der Waals surface area contributed by atoms with Crippen molar-refractivity contribution in [3.05, 3.63) is 47.0 Å². The zero-order valence-corrected chi connectivity index (χ0v) is 17.7. The molecule has 2 aromatic rings. The number of nitrogens with zero attached hydrogens (tertiary/aromatic N) is 1. The first kappa shape index (κ1) is 22.1. The summed E-state index contributed by atoms with van der Waals surface area (Å²) in [5.41, 5.74) is 5.22. The van der Waals surface area contributed by atoms with Crippen LogP contribution in [0.25, 0.3) is 0 Å². The molecule has 0 fully saturated rings. The summed E-state index contributed by atoms with van der Waals surface area (Å²) in [5.74, 6) is 2.09. The van der Waals surface area contributed by atoms with Gasteiger partial charge >= 0.3 is 0 Å². The standard InChI is InChI=1S/C22H28N2O5/c1-14(2)17-9-7-15(3)11-19(17)29-13-20(25)24-23-12-16-8-10-18(26-4)22(28-6)21(16)27-5/h7-12,14H,13H2,1-6H3,(H,24,25)/b23-12+. The molecule has 0 unspecified atom stereocenters. The summed E-state index contributed by atoms with van der Waals surface area (Å²) in [7, 11) is 4.59. The van der Waals surface area contributed by atoms with E-state index in [4.69, 9.17) is 18.9 Å². The van der Waals surface area contributed by atoms with E-state index in [1.54, 1.807) is 19.2 Å². The van der Waals surface area contributed by atoms with E-state index in [0.29, 0.717) is 34.5 Å². The average Bonchev–Trinajstić information content (AvgIpc) is 2.71. The number of methoxy groups -OCH3 is 3. The SMILES string of the molecule is COc1ccc(/C=N/NC(=O)COc2cc(C)ccc2C(C)C)c(OC)c1OC. The van der Waals surface area contributed by atoms with Crippen LogP contribution in [0, 0.1) is 6.92 Å². The van der Waals surface area contributed by atoms with Crippen LogP contribution in [0.5, 0.6) is 23.0 Å². The van der Waals surface area contributed by atoms with Gasteiger partial charge in [0.2, 0.25) is 5.75 Å². The molecule has 0 aliphatic carbocycles. The molecule has 0 spiro atoms. The highest BCUT2D eigenvalue weighted by atomic mass is 16.5. The second-order valence-electron chi connectivity index (χ2n) is 6.70. The highest BCUT2D eigenvalue weighted by molar-refractivity contribution is 5.87. The minimum Gasteiger partial charge on any atom is -0.493 e. The number of nitrogens with one attached hydrogen (secondary N) is 1. The summed E-state index contributed by atoms with van der Waals surface area (Å²) in [5, 5.41) is 3.99. The fourth-order valence-electron chi connectivity index (χ4n) is 2.82. The van der Waals surface area contributed by atoms with E-state index in [1.807, 2.05) is 25.1 Å². The van der Waals surface area contributed by atoms with Crippen LogP contribution in [0.15, 0.2) is 35.4 Å². The first-order valence-electron chi connectivity index (χ1n) is 9.25. The lowest BCUT2D eigenvalue weighted by Crippen LogP contribution is -2.25. The molecule has 0 heterocycles. The number of carbonyl (C=O) groups excluding carboxylic acids is 1. The van der Waals surface area contributed by atoms with Crippen LogP contribution in [-0.4, -0.2) is 40.1 Å². The average molecular weight is 400 g/mol. The first-order chi connectivity index (χ1) is 13.9. The van der Waals surface area contributed by atoms with E-state index < -0.39 is 0 Å². The molecule has 1 N–H and O–H groups in total. The van der Waals surface area contributed by atoms with Gasteiger partial charge in [-0.05, 0) is 42.2 Å². The predicted molar refractivity (Wildman–Crippen MR) is 113 cm³/mol. The Labute approximate surface area is 171 Å². The minimum absolute atomic E-state index is 0.135. The van der Waals surface area contributed by atoms with E-state index in [9.17, 15) is 4.79 Å². The maximum atomic E-state index is 12.1.